The molecule has 3 fully saturated rings. The van der Waals surface area contributed by atoms with E-state index in [4.69, 9.17) is 0 Å². The lowest BCUT2D eigenvalue weighted by Crippen LogP contribution is -2.31. The standard InChI is InChI=1S/C19H33F.CH3F.2H2O.H2/c1-14-11-18(13-19(20)12-14)17-9-7-16(8-10-17)15-5-3-2-4-6-15;1-2;;;/h14-19H,2-13H2,1H3;1H3;2*1H2;1H. The summed E-state index contributed by atoms with van der Waals surface area (Å²) < 4.78 is 23.3. The zero-order valence-corrected chi connectivity index (χ0v) is 15.7. The van der Waals surface area contributed by atoms with Crippen LogP contribution in [0, 0.1) is 29.6 Å². The van der Waals surface area contributed by atoms with Gasteiger partial charge in [0.1, 0.15) is 6.17 Å². The van der Waals surface area contributed by atoms with Crippen molar-refractivity contribution < 1.29 is 21.2 Å². The van der Waals surface area contributed by atoms with Crippen LogP contribution in [0.25, 0.3) is 0 Å². The summed E-state index contributed by atoms with van der Waals surface area (Å²) in [6, 6.07) is 0. The molecule has 0 radical (unpaired) electrons. The highest BCUT2D eigenvalue weighted by molar-refractivity contribution is 4.86. The molecule has 24 heavy (non-hydrogen) atoms. The summed E-state index contributed by atoms with van der Waals surface area (Å²) in [6.07, 6.45) is 15.7. The molecule has 3 aliphatic carbocycles. The first-order chi connectivity index (χ1) is 10.7. The fraction of sp³-hybridized carbons (Fsp3) is 1.00. The van der Waals surface area contributed by atoms with E-state index in [0.29, 0.717) is 19.0 Å². The molecule has 0 aromatic heterocycles. The Balaban J connectivity index is 0. The second-order valence-corrected chi connectivity index (χ2v) is 8.24. The van der Waals surface area contributed by atoms with Crippen LogP contribution in [0.4, 0.5) is 8.78 Å². The van der Waals surface area contributed by atoms with Crippen molar-refractivity contribution in [2.45, 2.75) is 90.1 Å². The number of hydrogen-bond acceptors (Lipinski definition) is 0. The van der Waals surface area contributed by atoms with Crippen LogP contribution < -0.4 is 0 Å². The fourth-order valence-electron chi connectivity index (χ4n) is 5.65. The normalized spacial score (nSPS) is 37.2. The lowest BCUT2D eigenvalue weighted by atomic mass is 9.65. The van der Waals surface area contributed by atoms with E-state index in [1.165, 1.54) is 64.2 Å². The Hall–Kier alpha value is -0.220. The molecule has 3 rings (SSSR count). The Bertz CT molecular complexity index is 296. The quantitative estimate of drug-likeness (QED) is 0.645. The van der Waals surface area contributed by atoms with Gasteiger partial charge in [0.15, 0.2) is 0 Å². The van der Waals surface area contributed by atoms with Gasteiger partial charge in [-0.15, -0.1) is 0 Å². The molecule has 3 atom stereocenters. The minimum Gasteiger partial charge on any atom is -0.412 e. The van der Waals surface area contributed by atoms with Gasteiger partial charge in [-0.2, -0.15) is 0 Å². The maximum atomic E-state index is 13.8. The topological polar surface area (TPSA) is 63.0 Å². The lowest BCUT2D eigenvalue weighted by molar-refractivity contribution is 0.0771. The van der Waals surface area contributed by atoms with Gasteiger partial charge in [0.2, 0.25) is 0 Å². The molecular weight excluding hydrogens is 310 g/mol. The monoisotopic (exact) mass is 352 g/mol. The number of hydrogen-bond donors (Lipinski definition) is 0. The summed E-state index contributed by atoms with van der Waals surface area (Å²) in [4.78, 5) is 0. The third-order valence-electron chi connectivity index (χ3n) is 6.72. The highest BCUT2D eigenvalue weighted by atomic mass is 19.1. The summed E-state index contributed by atoms with van der Waals surface area (Å²) in [5, 5.41) is 0. The Labute approximate surface area is 148 Å². The van der Waals surface area contributed by atoms with Crippen molar-refractivity contribution in [1.82, 2.24) is 0 Å². The van der Waals surface area contributed by atoms with Crippen molar-refractivity contribution in [1.29, 1.82) is 0 Å². The average Bonchev–Trinajstić information content (AvgIpc) is 2.57. The van der Waals surface area contributed by atoms with E-state index >= 15 is 0 Å². The lowest BCUT2D eigenvalue weighted by Gasteiger charge is -2.41. The van der Waals surface area contributed by atoms with E-state index in [1.54, 1.807) is 0 Å². The molecular formula is C20H42F2O2. The van der Waals surface area contributed by atoms with Gasteiger partial charge >= 0.3 is 0 Å². The van der Waals surface area contributed by atoms with Crippen LogP contribution >= 0.6 is 0 Å². The van der Waals surface area contributed by atoms with Crippen molar-refractivity contribution >= 4 is 0 Å². The zero-order valence-electron chi connectivity index (χ0n) is 15.7. The Morgan fingerprint density at radius 1 is 0.625 bits per heavy atom. The Morgan fingerprint density at radius 2 is 1.08 bits per heavy atom. The van der Waals surface area contributed by atoms with Crippen molar-refractivity contribution in [2.24, 2.45) is 29.6 Å². The van der Waals surface area contributed by atoms with Crippen LogP contribution in [0.1, 0.15) is 85.4 Å². The van der Waals surface area contributed by atoms with Crippen molar-refractivity contribution in [2.75, 3.05) is 7.18 Å². The molecule has 0 aromatic rings. The highest BCUT2D eigenvalue weighted by Gasteiger charge is 2.35. The number of alkyl halides is 2. The number of halogens is 2. The smallest absolute Gasteiger partial charge is 0.101 e. The molecule has 2 nitrogen and oxygen atoms in total. The Morgan fingerprint density at radius 3 is 1.58 bits per heavy atom. The van der Waals surface area contributed by atoms with Gasteiger partial charge in [0.05, 0.1) is 7.18 Å². The summed E-state index contributed by atoms with van der Waals surface area (Å²) in [5.41, 5.74) is 0. The Kier molecular flexibility index (Phi) is 12.1. The average molecular weight is 353 g/mol. The first kappa shape index (κ1) is 23.8. The summed E-state index contributed by atoms with van der Waals surface area (Å²) >= 11 is 0. The summed E-state index contributed by atoms with van der Waals surface area (Å²) in [7, 11) is 0.500. The van der Waals surface area contributed by atoms with E-state index in [0.717, 1.165) is 30.6 Å². The molecule has 0 saturated heterocycles. The van der Waals surface area contributed by atoms with Crippen molar-refractivity contribution in [3.05, 3.63) is 0 Å². The molecule has 0 spiro atoms. The van der Waals surface area contributed by atoms with Crippen molar-refractivity contribution in [3.63, 3.8) is 0 Å². The maximum absolute atomic E-state index is 13.8. The molecule has 0 heterocycles. The van der Waals surface area contributed by atoms with Crippen LogP contribution in [0.2, 0.25) is 0 Å². The van der Waals surface area contributed by atoms with E-state index in [-0.39, 0.29) is 12.4 Å². The van der Waals surface area contributed by atoms with E-state index in [1.807, 2.05) is 0 Å². The molecule has 4 heteroatoms. The SMILES string of the molecule is CC1CC(F)CC(C2CCC(C3CCCCC3)CC2)C1.CF.O.O.[HH]. The second-order valence-electron chi connectivity index (χ2n) is 8.24. The molecule has 3 unspecified atom stereocenters. The van der Waals surface area contributed by atoms with Crippen LogP contribution in [-0.4, -0.2) is 24.3 Å². The minimum atomic E-state index is -0.500. The minimum absolute atomic E-state index is 0. The summed E-state index contributed by atoms with van der Waals surface area (Å²) in [5.74, 6) is 4.26. The van der Waals surface area contributed by atoms with E-state index < -0.39 is 6.17 Å². The van der Waals surface area contributed by atoms with E-state index in [2.05, 4.69) is 6.92 Å². The van der Waals surface area contributed by atoms with Gasteiger partial charge in [-0.25, -0.2) is 4.39 Å². The first-order valence-corrected chi connectivity index (χ1v) is 9.74. The fourth-order valence-corrected chi connectivity index (χ4v) is 5.65. The molecule has 0 aliphatic heterocycles. The molecule has 3 aliphatic rings. The second kappa shape index (κ2) is 12.2. The third kappa shape index (κ3) is 6.59. The maximum Gasteiger partial charge on any atom is 0.101 e. The van der Waals surface area contributed by atoms with Crippen LogP contribution in [0.5, 0.6) is 0 Å². The third-order valence-corrected chi connectivity index (χ3v) is 6.72. The van der Waals surface area contributed by atoms with E-state index in [9.17, 15) is 8.78 Å². The van der Waals surface area contributed by atoms with Gasteiger partial charge in [-0.1, -0.05) is 39.0 Å². The molecule has 0 bridgehead atoms. The number of rotatable bonds is 2. The molecule has 148 valence electrons. The van der Waals surface area contributed by atoms with Crippen LogP contribution in [0.15, 0.2) is 0 Å². The zero-order chi connectivity index (χ0) is 15.9. The van der Waals surface area contributed by atoms with Gasteiger partial charge in [0, 0.05) is 1.43 Å². The van der Waals surface area contributed by atoms with Crippen LogP contribution in [-0.2, 0) is 0 Å². The predicted molar refractivity (Wildman–Crippen MR) is 99.8 cm³/mol. The van der Waals surface area contributed by atoms with Gasteiger partial charge in [-0.05, 0) is 74.5 Å². The largest absolute Gasteiger partial charge is 0.412 e. The predicted octanol–water partition coefficient (Wildman–Crippen LogP) is 5.33. The van der Waals surface area contributed by atoms with Crippen molar-refractivity contribution in [3.8, 4) is 0 Å². The van der Waals surface area contributed by atoms with Gasteiger partial charge in [0.25, 0.3) is 0 Å². The van der Waals surface area contributed by atoms with Gasteiger partial charge < -0.3 is 11.0 Å². The summed E-state index contributed by atoms with van der Waals surface area (Å²) in [6.45, 7) is 2.26. The molecule has 4 N–H and O–H groups in total. The molecule has 0 aromatic carbocycles. The van der Waals surface area contributed by atoms with Gasteiger partial charge in [-0.3, -0.25) is 4.39 Å². The first-order valence-electron chi connectivity index (χ1n) is 9.74. The molecule has 0 amide bonds. The highest BCUT2D eigenvalue weighted by Crippen LogP contribution is 2.45. The van der Waals surface area contributed by atoms with Crippen LogP contribution in [0.3, 0.4) is 0 Å². The molecule has 3 saturated carbocycles.